The van der Waals surface area contributed by atoms with E-state index in [0.29, 0.717) is 0 Å². The third-order valence-electron chi connectivity index (χ3n) is 3.57. The molecule has 0 heterocycles. The zero-order valence-electron chi connectivity index (χ0n) is 10.5. The predicted octanol–water partition coefficient (Wildman–Crippen LogP) is 3.44. The molecule has 1 N–H and O–H groups in total. The van der Waals surface area contributed by atoms with Crippen LogP contribution in [0.1, 0.15) is 50.6 Å². The number of rotatable bonds is 5. The highest BCUT2D eigenvalue weighted by molar-refractivity contribution is 5.79. The van der Waals surface area contributed by atoms with Crippen molar-refractivity contribution in [2.24, 2.45) is 5.92 Å². The average molecular weight is 231 g/mol. The van der Waals surface area contributed by atoms with E-state index >= 15 is 0 Å². The van der Waals surface area contributed by atoms with Crippen LogP contribution in [0, 0.1) is 5.92 Å². The molecular formula is C15H21NO. The Labute approximate surface area is 103 Å². The van der Waals surface area contributed by atoms with Crippen LogP contribution >= 0.6 is 0 Å². The van der Waals surface area contributed by atoms with Gasteiger partial charge in [-0.1, -0.05) is 50.1 Å². The third kappa shape index (κ3) is 3.09. The summed E-state index contributed by atoms with van der Waals surface area (Å²) in [7, 11) is 0. The molecule has 0 saturated heterocycles. The van der Waals surface area contributed by atoms with Crippen molar-refractivity contribution in [2.75, 3.05) is 0 Å². The van der Waals surface area contributed by atoms with Gasteiger partial charge in [-0.05, 0) is 24.8 Å². The molecule has 1 aromatic carbocycles. The van der Waals surface area contributed by atoms with Crippen molar-refractivity contribution in [3.8, 4) is 0 Å². The van der Waals surface area contributed by atoms with Gasteiger partial charge < -0.3 is 5.32 Å². The lowest BCUT2D eigenvalue weighted by molar-refractivity contribution is -0.128. The Morgan fingerprint density at radius 1 is 1.35 bits per heavy atom. The van der Waals surface area contributed by atoms with Gasteiger partial charge in [-0.25, -0.2) is 0 Å². The Balaban J connectivity index is 1.99. The number of nitrogens with one attached hydrogen (secondary N) is 1. The first-order chi connectivity index (χ1) is 8.31. The van der Waals surface area contributed by atoms with E-state index in [2.05, 4.69) is 24.4 Å². The number of hydrogen-bond donors (Lipinski definition) is 1. The minimum atomic E-state index is 0.189. The van der Waals surface area contributed by atoms with Gasteiger partial charge in [0.15, 0.2) is 0 Å². The Kier molecular flexibility index (Phi) is 4.18. The molecule has 0 spiro atoms. The number of amides is 1. The van der Waals surface area contributed by atoms with Crippen molar-refractivity contribution in [3.05, 3.63) is 35.9 Å². The van der Waals surface area contributed by atoms with Crippen LogP contribution in [0.3, 0.4) is 0 Å². The summed E-state index contributed by atoms with van der Waals surface area (Å²) in [5.41, 5.74) is 1.22. The molecule has 1 fully saturated rings. The van der Waals surface area contributed by atoms with E-state index in [1.54, 1.807) is 0 Å². The molecule has 2 heteroatoms. The summed E-state index contributed by atoms with van der Waals surface area (Å²) in [6, 6.07) is 10.5. The van der Waals surface area contributed by atoms with Crippen LogP contribution in [-0.4, -0.2) is 5.91 Å². The van der Waals surface area contributed by atoms with Crippen LogP contribution in [0.2, 0.25) is 0 Å². The predicted molar refractivity (Wildman–Crippen MR) is 69.6 cm³/mol. The zero-order chi connectivity index (χ0) is 12.1. The summed E-state index contributed by atoms with van der Waals surface area (Å²) in [4.78, 5) is 12.0. The van der Waals surface area contributed by atoms with E-state index in [0.717, 1.165) is 25.7 Å². The first kappa shape index (κ1) is 12.2. The summed E-state index contributed by atoms with van der Waals surface area (Å²) in [6.07, 6.45) is 5.45. The average Bonchev–Trinajstić information content (AvgIpc) is 2.27. The Morgan fingerprint density at radius 2 is 2.06 bits per heavy atom. The first-order valence-electron chi connectivity index (χ1n) is 6.66. The molecule has 2 nitrogen and oxygen atoms in total. The minimum absolute atomic E-state index is 0.189. The molecule has 1 unspecified atom stereocenters. The second-order valence-electron chi connectivity index (χ2n) is 4.89. The maximum absolute atomic E-state index is 12.0. The first-order valence-corrected chi connectivity index (χ1v) is 6.66. The van der Waals surface area contributed by atoms with Crippen LogP contribution in [0.15, 0.2) is 30.3 Å². The minimum Gasteiger partial charge on any atom is -0.349 e. The van der Waals surface area contributed by atoms with E-state index < -0.39 is 0 Å². The van der Waals surface area contributed by atoms with E-state index in [9.17, 15) is 4.79 Å². The summed E-state index contributed by atoms with van der Waals surface area (Å²) >= 11 is 0. The standard InChI is InChI=1S/C15H21NO/c1-2-7-14(12-8-4-3-5-9-12)16-15(17)13-10-6-11-13/h3-5,8-9,13-14H,2,6-7,10-11H2,1H3,(H,16,17). The van der Waals surface area contributed by atoms with E-state index in [-0.39, 0.29) is 17.9 Å². The summed E-state index contributed by atoms with van der Waals surface area (Å²) in [5, 5.41) is 3.20. The Hall–Kier alpha value is -1.31. The molecule has 0 aliphatic heterocycles. The van der Waals surface area contributed by atoms with Crippen molar-refractivity contribution in [1.82, 2.24) is 5.32 Å². The fourth-order valence-electron chi connectivity index (χ4n) is 2.26. The highest BCUT2D eigenvalue weighted by Gasteiger charge is 2.26. The lowest BCUT2D eigenvalue weighted by Crippen LogP contribution is -2.36. The molecule has 2 rings (SSSR count). The largest absolute Gasteiger partial charge is 0.349 e. The molecule has 0 aromatic heterocycles. The summed E-state index contributed by atoms with van der Waals surface area (Å²) in [6.45, 7) is 2.16. The lowest BCUT2D eigenvalue weighted by atomic mass is 9.84. The summed E-state index contributed by atoms with van der Waals surface area (Å²) in [5.74, 6) is 0.525. The van der Waals surface area contributed by atoms with Gasteiger partial charge in [0.2, 0.25) is 5.91 Å². The monoisotopic (exact) mass is 231 g/mol. The molecule has 1 amide bonds. The van der Waals surface area contributed by atoms with Gasteiger partial charge in [0, 0.05) is 5.92 Å². The Bertz CT molecular complexity index is 356. The smallest absolute Gasteiger partial charge is 0.223 e. The van der Waals surface area contributed by atoms with Crippen LogP contribution < -0.4 is 5.32 Å². The fourth-order valence-corrected chi connectivity index (χ4v) is 2.26. The zero-order valence-corrected chi connectivity index (χ0v) is 10.5. The van der Waals surface area contributed by atoms with Crippen molar-refractivity contribution in [2.45, 2.75) is 45.1 Å². The number of carbonyl (C=O) groups excluding carboxylic acids is 1. The van der Waals surface area contributed by atoms with Crippen molar-refractivity contribution < 1.29 is 4.79 Å². The summed E-state index contributed by atoms with van der Waals surface area (Å²) < 4.78 is 0. The van der Waals surface area contributed by atoms with Crippen molar-refractivity contribution in [3.63, 3.8) is 0 Å². The van der Waals surface area contributed by atoms with E-state index in [1.807, 2.05) is 18.2 Å². The van der Waals surface area contributed by atoms with Gasteiger partial charge in [0.25, 0.3) is 0 Å². The lowest BCUT2D eigenvalue weighted by Gasteiger charge is -2.27. The fraction of sp³-hybridized carbons (Fsp3) is 0.533. The second-order valence-corrected chi connectivity index (χ2v) is 4.89. The van der Waals surface area contributed by atoms with Gasteiger partial charge in [-0.3, -0.25) is 4.79 Å². The molecule has 1 aliphatic rings. The van der Waals surface area contributed by atoms with Gasteiger partial charge in [-0.2, -0.15) is 0 Å². The molecule has 0 bridgehead atoms. The van der Waals surface area contributed by atoms with E-state index in [4.69, 9.17) is 0 Å². The molecule has 1 aromatic rings. The molecular weight excluding hydrogens is 210 g/mol. The maximum atomic E-state index is 12.0. The normalized spacial score (nSPS) is 17.2. The van der Waals surface area contributed by atoms with Crippen LogP contribution in [0.25, 0.3) is 0 Å². The van der Waals surface area contributed by atoms with Crippen molar-refractivity contribution in [1.29, 1.82) is 0 Å². The SMILES string of the molecule is CCCC(NC(=O)C1CCC1)c1ccccc1. The van der Waals surface area contributed by atoms with Gasteiger partial charge in [0.1, 0.15) is 0 Å². The molecule has 17 heavy (non-hydrogen) atoms. The van der Waals surface area contributed by atoms with Crippen molar-refractivity contribution >= 4 is 5.91 Å². The van der Waals surface area contributed by atoms with Crippen LogP contribution in [0.5, 0.6) is 0 Å². The molecule has 1 aliphatic carbocycles. The molecule has 1 saturated carbocycles. The number of benzene rings is 1. The van der Waals surface area contributed by atoms with E-state index in [1.165, 1.54) is 12.0 Å². The van der Waals surface area contributed by atoms with Crippen LogP contribution in [-0.2, 0) is 4.79 Å². The Morgan fingerprint density at radius 3 is 2.59 bits per heavy atom. The van der Waals surface area contributed by atoms with Crippen LogP contribution in [0.4, 0.5) is 0 Å². The maximum Gasteiger partial charge on any atom is 0.223 e. The third-order valence-corrected chi connectivity index (χ3v) is 3.57. The molecule has 0 radical (unpaired) electrons. The highest BCUT2D eigenvalue weighted by Crippen LogP contribution is 2.28. The molecule has 92 valence electrons. The quantitative estimate of drug-likeness (QED) is 0.826. The number of carbonyl (C=O) groups is 1. The highest BCUT2D eigenvalue weighted by atomic mass is 16.2. The second kappa shape index (κ2) is 5.85. The van der Waals surface area contributed by atoms with Gasteiger partial charge in [0.05, 0.1) is 6.04 Å². The topological polar surface area (TPSA) is 29.1 Å². The number of hydrogen-bond acceptors (Lipinski definition) is 1. The van der Waals surface area contributed by atoms with Gasteiger partial charge >= 0.3 is 0 Å². The molecule has 1 atom stereocenters. The van der Waals surface area contributed by atoms with Gasteiger partial charge in [-0.15, -0.1) is 0 Å².